The lowest BCUT2D eigenvalue weighted by atomic mass is 10.2. The molecule has 0 atom stereocenters. The highest BCUT2D eigenvalue weighted by molar-refractivity contribution is 7.98. The van der Waals surface area contributed by atoms with Crippen molar-refractivity contribution in [1.82, 2.24) is 14.9 Å². The van der Waals surface area contributed by atoms with E-state index in [1.807, 2.05) is 68.9 Å². The maximum absolute atomic E-state index is 11.6. The number of benzene rings is 2. The van der Waals surface area contributed by atoms with Gasteiger partial charge in [0.15, 0.2) is 0 Å². The maximum atomic E-state index is 11.6. The van der Waals surface area contributed by atoms with E-state index >= 15 is 0 Å². The quantitative estimate of drug-likeness (QED) is 0.277. The summed E-state index contributed by atoms with van der Waals surface area (Å²) in [7, 11) is 4.03. The second kappa shape index (κ2) is 11.9. The number of nitrogens with zero attached hydrogens (tertiary/aromatic N) is 3. The van der Waals surface area contributed by atoms with Gasteiger partial charge in [0, 0.05) is 29.8 Å². The second-order valence-corrected chi connectivity index (χ2v) is 8.16. The number of thioether (sulfide) groups is 1. The van der Waals surface area contributed by atoms with E-state index in [9.17, 15) is 4.79 Å². The van der Waals surface area contributed by atoms with E-state index in [2.05, 4.69) is 37.4 Å². The molecule has 3 aromatic rings. The summed E-state index contributed by atoms with van der Waals surface area (Å²) in [6.07, 6.45) is 4.97. The van der Waals surface area contributed by atoms with Gasteiger partial charge in [-0.3, -0.25) is 4.79 Å². The molecule has 0 bridgehead atoms. The molecular formula is C24H28N6O2S. The minimum absolute atomic E-state index is 0.264. The first-order valence-electron chi connectivity index (χ1n) is 10.3. The van der Waals surface area contributed by atoms with E-state index in [1.165, 1.54) is 6.08 Å². The fourth-order valence-corrected chi connectivity index (χ4v) is 3.23. The average Bonchev–Trinajstić information content (AvgIpc) is 2.80. The number of ether oxygens (including phenoxy) is 1. The Morgan fingerprint density at radius 2 is 1.88 bits per heavy atom. The van der Waals surface area contributed by atoms with Gasteiger partial charge in [0.25, 0.3) is 0 Å². The van der Waals surface area contributed by atoms with Crippen LogP contribution < -0.4 is 20.7 Å². The van der Waals surface area contributed by atoms with Crippen molar-refractivity contribution in [3.8, 4) is 5.75 Å². The molecule has 3 N–H and O–H groups in total. The Bertz CT molecular complexity index is 1090. The zero-order chi connectivity index (χ0) is 23.6. The van der Waals surface area contributed by atoms with Gasteiger partial charge in [-0.25, -0.2) is 4.98 Å². The minimum Gasteiger partial charge on any atom is -0.492 e. The lowest BCUT2D eigenvalue weighted by Crippen LogP contribution is -2.19. The molecule has 2 aromatic carbocycles. The van der Waals surface area contributed by atoms with Gasteiger partial charge in [-0.15, -0.1) is 11.8 Å². The van der Waals surface area contributed by atoms with Crippen LogP contribution in [-0.4, -0.2) is 54.3 Å². The Hall–Kier alpha value is -3.56. The number of rotatable bonds is 11. The Kier molecular flexibility index (Phi) is 8.68. The highest BCUT2D eigenvalue weighted by Crippen LogP contribution is 2.28. The van der Waals surface area contributed by atoms with Gasteiger partial charge < -0.3 is 25.6 Å². The van der Waals surface area contributed by atoms with Crippen LogP contribution in [0.5, 0.6) is 5.75 Å². The van der Waals surface area contributed by atoms with Gasteiger partial charge in [0.1, 0.15) is 18.2 Å². The van der Waals surface area contributed by atoms with Crippen LogP contribution in [0.4, 0.5) is 28.8 Å². The Morgan fingerprint density at radius 1 is 1.12 bits per heavy atom. The highest BCUT2D eigenvalue weighted by Gasteiger charge is 2.09. The van der Waals surface area contributed by atoms with E-state index in [1.54, 1.807) is 18.0 Å². The lowest BCUT2D eigenvalue weighted by molar-refractivity contribution is -0.111. The fourth-order valence-electron chi connectivity index (χ4n) is 2.78. The molecule has 33 heavy (non-hydrogen) atoms. The van der Waals surface area contributed by atoms with Crippen molar-refractivity contribution >= 4 is 46.5 Å². The Morgan fingerprint density at radius 3 is 2.58 bits per heavy atom. The van der Waals surface area contributed by atoms with Crippen LogP contribution in [0.2, 0.25) is 0 Å². The molecule has 9 heteroatoms. The van der Waals surface area contributed by atoms with Crippen LogP contribution >= 0.6 is 11.8 Å². The van der Waals surface area contributed by atoms with Gasteiger partial charge >= 0.3 is 0 Å². The summed E-state index contributed by atoms with van der Waals surface area (Å²) >= 11 is 1.54. The molecule has 1 amide bonds. The molecule has 0 fully saturated rings. The molecule has 0 aliphatic carbocycles. The molecule has 3 rings (SSSR count). The third-order valence-corrected chi connectivity index (χ3v) is 5.21. The largest absolute Gasteiger partial charge is 0.492 e. The average molecular weight is 465 g/mol. The molecule has 0 aliphatic heterocycles. The molecular weight excluding hydrogens is 436 g/mol. The van der Waals surface area contributed by atoms with Crippen molar-refractivity contribution in [1.29, 1.82) is 0 Å². The first-order chi connectivity index (χ1) is 16.0. The van der Waals surface area contributed by atoms with Gasteiger partial charge in [0.05, 0.1) is 4.90 Å². The van der Waals surface area contributed by atoms with Gasteiger partial charge in [-0.2, -0.15) is 4.98 Å². The fraction of sp³-hybridized carbons (Fsp3) is 0.208. The van der Waals surface area contributed by atoms with Gasteiger partial charge in [0.2, 0.25) is 11.9 Å². The molecule has 8 nitrogen and oxygen atoms in total. The lowest BCUT2D eigenvalue weighted by Gasteiger charge is -2.13. The SMILES string of the molecule is C=CC(=O)Nc1cccc(Nc2nc(Nc3ccc(OCCN(C)C)cc3)ncc2SC)c1. The summed E-state index contributed by atoms with van der Waals surface area (Å²) in [6, 6.07) is 15.1. The monoisotopic (exact) mass is 464 g/mol. The van der Waals surface area contributed by atoms with E-state index < -0.39 is 0 Å². The van der Waals surface area contributed by atoms with E-state index in [0.717, 1.165) is 28.6 Å². The predicted molar refractivity (Wildman–Crippen MR) is 136 cm³/mol. The Balaban J connectivity index is 1.70. The summed E-state index contributed by atoms with van der Waals surface area (Å²) in [6.45, 7) is 4.96. The number of hydrogen-bond donors (Lipinski definition) is 3. The Labute approximate surface area is 198 Å². The molecule has 0 radical (unpaired) electrons. The summed E-state index contributed by atoms with van der Waals surface area (Å²) in [4.78, 5) is 23.6. The smallest absolute Gasteiger partial charge is 0.247 e. The van der Waals surface area contributed by atoms with Crippen molar-refractivity contribution in [2.24, 2.45) is 0 Å². The number of hydrogen-bond acceptors (Lipinski definition) is 8. The molecule has 0 saturated heterocycles. The summed E-state index contributed by atoms with van der Waals surface area (Å²) in [5.74, 6) is 1.68. The number of aromatic nitrogens is 2. The van der Waals surface area contributed by atoms with Crippen molar-refractivity contribution in [3.63, 3.8) is 0 Å². The maximum Gasteiger partial charge on any atom is 0.247 e. The molecule has 0 unspecified atom stereocenters. The molecule has 0 aliphatic rings. The topological polar surface area (TPSA) is 91.4 Å². The van der Waals surface area contributed by atoms with E-state index in [0.29, 0.717) is 24.1 Å². The standard InChI is InChI=1S/C24H28N6O2S/c1-5-22(31)26-18-7-6-8-19(15-18)27-23-21(33-4)16-25-24(29-23)28-17-9-11-20(12-10-17)32-14-13-30(2)3/h5-12,15-16H,1,13-14H2,2-4H3,(H,26,31)(H2,25,27,28,29). The molecule has 0 saturated carbocycles. The number of carbonyl (C=O) groups is 1. The van der Waals surface area contributed by atoms with Crippen LogP contribution in [0.1, 0.15) is 0 Å². The van der Waals surface area contributed by atoms with Crippen LogP contribution in [0.25, 0.3) is 0 Å². The molecule has 172 valence electrons. The van der Waals surface area contributed by atoms with Crippen LogP contribution in [0, 0.1) is 0 Å². The van der Waals surface area contributed by atoms with Crippen molar-refractivity contribution in [2.45, 2.75) is 4.90 Å². The molecule has 0 spiro atoms. The number of amides is 1. The molecule has 1 aromatic heterocycles. The summed E-state index contributed by atoms with van der Waals surface area (Å²) < 4.78 is 5.73. The number of carbonyl (C=O) groups excluding carboxylic acids is 1. The third kappa shape index (κ3) is 7.51. The first-order valence-corrected chi connectivity index (χ1v) is 11.6. The number of anilines is 5. The van der Waals surface area contributed by atoms with E-state index in [4.69, 9.17) is 4.74 Å². The number of nitrogens with one attached hydrogen (secondary N) is 3. The van der Waals surface area contributed by atoms with Gasteiger partial charge in [-0.05, 0) is 68.9 Å². The first kappa shape index (κ1) is 24.1. The van der Waals surface area contributed by atoms with E-state index in [-0.39, 0.29) is 5.91 Å². The van der Waals surface area contributed by atoms with Crippen molar-refractivity contribution in [3.05, 3.63) is 67.4 Å². The molecule has 1 heterocycles. The zero-order valence-electron chi connectivity index (χ0n) is 19.0. The third-order valence-electron chi connectivity index (χ3n) is 4.47. The predicted octanol–water partition coefficient (Wildman–Crippen LogP) is 4.75. The van der Waals surface area contributed by atoms with Crippen molar-refractivity contribution in [2.75, 3.05) is 49.5 Å². The van der Waals surface area contributed by atoms with Crippen LogP contribution in [0.3, 0.4) is 0 Å². The second-order valence-electron chi connectivity index (χ2n) is 7.31. The van der Waals surface area contributed by atoms with Crippen LogP contribution in [-0.2, 0) is 4.79 Å². The number of likely N-dealkylation sites (N-methyl/N-ethyl adjacent to an activating group) is 1. The minimum atomic E-state index is -0.264. The highest BCUT2D eigenvalue weighted by atomic mass is 32.2. The van der Waals surface area contributed by atoms with Gasteiger partial charge in [-0.1, -0.05) is 12.6 Å². The normalized spacial score (nSPS) is 10.5. The summed E-state index contributed by atoms with van der Waals surface area (Å²) in [5, 5.41) is 9.29. The van der Waals surface area contributed by atoms with Crippen molar-refractivity contribution < 1.29 is 9.53 Å². The van der Waals surface area contributed by atoms with Crippen LogP contribution in [0.15, 0.2) is 72.3 Å². The summed E-state index contributed by atoms with van der Waals surface area (Å²) in [5.41, 5.74) is 2.30. The zero-order valence-corrected chi connectivity index (χ0v) is 19.8.